The lowest BCUT2D eigenvalue weighted by Gasteiger charge is -2.27. The predicted molar refractivity (Wildman–Crippen MR) is 75.4 cm³/mol. The minimum Gasteiger partial charge on any atom is -0.489 e. The molecule has 6 heteroatoms. The highest BCUT2D eigenvalue weighted by Crippen LogP contribution is 2.13. The molecular formula is C14H20FN3O2. The highest BCUT2D eigenvalue weighted by molar-refractivity contribution is 5.78. The summed E-state index contributed by atoms with van der Waals surface area (Å²) < 4.78 is 23.7. The second-order valence-corrected chi connectivity index (χ2v) is 4.68. The molecule has 0 unspecified atom stereocenters. The summed E-state index contributed by atoms with van der Waals surface area (Å²) in [6.45, 7) is 5.25. The van der Waals surface area contributed by atoms with Crippen LogP contribution in [0.4, 0.5) is 4.39 Å². The average Bonchev–Trinajstić information content (AvgIpc) is 2.48. The molecule has 5 nitrogen and oxygen atoms in total. The van der Waals surface area contributed by atoms with E-state index in [1.807, 2.05) is 11.8 Å². The summed E-state index contributed by atoms with van der Waals surface area (Å²) in [5, 5.41) is 0. The molecular weight excluding hydrogens is 261 g/mol. The number of hydrogen-bond acceptors (Lipinski definition) is 3. The molecule has 1 atom stereocenters. The van der Waals surface area contributed by atoms with Crippen LogP contribution in [-0.4, -0.2) is 49.8 Å². The Balaban J connectivity index is 1.81. The Morgan fingerprint density at radius 2 is 2.05 bits per heavy atom. The van der Waals surface area contributed by atoms with Crippen molar-refractivity contribution in [1.29, 1.82) is 0 Å². The van der Waals surface area contributed by atoms with Crippen molar-refractivity contribution in [3.63, 3.8) is 0 Å². The summed E-state index contributed by atoms with van der Waals surface area (Å²) in [6, 6.07) is 5.93. The van der Waals surface area contributed by atoms with Crippen LogP contribution in [0.5, 0.6) is 5.75 Å². The first-order valence-electron chi connectivity index (χ1n) is 6.70. The summed E-state index contributed by atoms with van der Waals surface area (Å²) in [5.41, 5.74) is 5.93. The van der Waals surface area contributed by atoms with E-state index in [1.165, 1.54) is 12.1 Å². The zero-order valence-electron chi connectivity index (χ0n) is 11.6. The molecule has 20 heavy (non-hydrogen) atoms. The number of aliphatic imine (C=N–C) groups is 1. The maximum absolute atomic E-state index is 12.8. The van der Waals surface area contributed by atoms with Gasteiger partial charge >= 0.3 is 0 Å². The summed E-state index contributed by atoms with van der Waals surface area (Å²) in [6.07, 6.45) is -0.125. The van der Waals surface area contributed by atoms with Gasteiger partial charge in [-0.15, -0.1) is 0 Å². The van der Waals surface area contributed by atoms with Crippen LogP contribution in [0.25, 0.3) is 0 Å². The lowest BCUT2D eigenvalue weighted by atomic mass is 10.3. The van der Waals surface area contributed by atoms with E-state index >= 15 is 0 Å². The lowest BCUT2D eigenvalue weighted by Crippen LogP contribution is -2.45. The maximum Gasteiger partial charge on any atom is 0.191 e. The van der Waals surface area contributed by atoms with Crippen molar-refractivity contribution in [3.8, 4) is 5.75 Å². The van der Waals surface area contributed by atoms with Gasteiger partial charge < -0.3 is 20.1 Å². The van der Waals surface area contributed by atoms with Gasteiger partial charge in [-0.1, -0.05) is 0 Å². The first kappa shape index (κ1) is 14.6. The Morgan fingerprint density at radius 1 is 1.40 bits per heavy atom. The molecule has 0 aromatic heterocycles. The van der Waals surface area contributed by atoms with Crippen molar-refractivity contribution in [1.82, 2.24) is 4.90 Å². The van der Waals surface area contributed by atoms with Crippen molar-refractivity contribution in [3.05, 3.63) is 30.1 Å². The quantitative estimate of drug-likeness (QED) is 0.666. The third kappa shape index (κ3) is 4.38. The van der Waals surface area contributed by atoms with Gasteiger partial charge in [0.25, 0.3) is 0 Å². The smallest absolute Gasteiger partial charge is 0.191 e. The molecule has 1 heterocycles. The number of nitrogens with two attached hydrogens (primary N) is 1. The van der Waals surface area contributed by atoms with E-state index in [4.69, 9.17) is 15.2 Å². The van der Waals surface area contributed by atoms with Gasteiger partial charge in [0.1, 0.15) is 17.7 Å². The van der Waals surface area contributed by atoms with Gasteiger partial charge in [0, 0.05) is 13.1 Å². The molecule has 0 spiro atoms. The molecule has 1 aromatic carbocycles. The van der Waals surface area contributed by atoms with E-state index in [-0.39, 0.29) is 11.9 Å². The van der Waals surface area contributed by atoms with Gasteiger partial charge in [-0.2, -0.15) is 0 Å². The van der Waals surface area contributed by atoms with Gasteiger partial charge in [-0.05, 0) is 31.2 Å². The normalized spacial score (nSPS) is 17.9. The number of nitrogens with zero attached hydrogens (tertiary/aromatic N) is 2. The molecule has 0 aliphatic carbocycles. The van der Waals surface area contributed by atoms with Crippen molar-refractivity contribution in [2.75, 3.05) is 32.8 Å². The second-order valence-electron chi connectivity index (χ2n) is 4.68. The molecule has 1 aliphatic heterocycles. The molecule has 110 valence electrons. The van der Waals surface area contributed by atoms with Gasteiger partial charge in [0.2, 0.25) is 0 Å². The fourth-order valence-electron chi connectivity index (χ4n) is 1.90. The van der Waals surface area contributed by atoms with Crippen LogP contribution < -0.4 is 10.5 Å². The van der Waals surface area contributed by atoms with E-state index in [0.717, 1.165) is 13.1 Å². The van der Waals surface area contributed by atoms with Crippen LogP contribution in [0.15, 0.2) is 29.3 Å². The minimum absolute atomic E-state index is 0.125. The van der Waals surface area contributed by atoms with E-state index in [9.17, 15) is 4.39 Å². The standard InChI is InChI=1S/C14H20FN3O2/c1-11(20-13-4-2-12(15)3-5-13)10-17-14(16)18-6-8-19-9-7-18/h2-5,11H,6-10H2,1H3,(H2,16,17)/t11-/m0/s1. The molecule has 0 saturated carbocycles. The highest BCUT2D eigenvalue weighted by Gasteiger charge is 2.12. The van der Waals surface area contributed by atoms with Crippen molar-refractivity contribution in [2.45, 2.75) is 13.0 Å². The number of guanidine groups is 1. The molecule has 1 aromatic rings. The van der Waals surface area contributed by atoms with E-state index in [0.29, 0.717) is 31.5 Å². The largest absolute Gasteiger partial charge is 0.489 e. The van der Waals surface area contributed by atoms with Crippen LogP contribution in [-0.2, 0) is 4.74 Å². The van der Waals surface area contributed by atoms with Crippen LogP contribution in [0.3, 0.4) is 0 Å². The molecule has 2 rings (SSSR count). The molecule has 1 aliphatic rings. The van der Waals surface area contributed by atoms with Crippen molar-refractivity contribution in [2.24, 2.45) is 10.7 Å². The Kier molecular flexibility index (Phi) is 5.17. The summed E-state index contributed by atoms with van der Waals surface area (Å²) in [4.78, 5) is 6.32. The van der Waals surface area contributed by atoms with Gasteiger partial charge in [0.15, 0.2) is 5.96 Å². The van der Waals surface area contributed by atoms with E-state index < -0.39 is 0 Å². The van der Waals surface area contributed by atoms with E-state index in [1.54, 1.807) is 12.1 Å². The van der Waals surface area contributed by atoms with Crippen molar-refractivity contribution >= 4 is 5.96 Å². The lowest BCUT2D eigenvalue weighted by molar-refractivity contribution is 0.0673. The third-order valence-corrected chi connectivity index (χ3v) is 3.00. The molecule has 0 bridgehead atoms. The SMILES string of the molecule is C[C@@H](CN=C(N)N1CCOCC1)Oc1ccc(F)cc1. The number of rotatable bonds is 4. The molecule has 1 saturated heterocycles. The van der Waals surface area contributed by atoms with Crippen molar-refractivity contribution < 1.29 is 13.9 Å². The average molecular weight is 281 g/mol. The third-order valence-electron chi connectivity index (χ3n) is 3.00. The van der Waals surface area contributed by atoms with Crippen LogP contribution in [0, 0.1) is 5.82 Å². The number of benzene rings is 1. The van der Waals surface area contributed by atoms with Gasteiger partial charge in [-0.25, -0.2) is 9.38 Å². The fourth-order valence-corrected chi connectivity index (χ4v) is 1.90. The predicted octanol–water partition coefficient (Wildman–Crippen LogP) is 1.24. The van der Waals surface area contributed by atoms with Crippen LogP contribution >= 0.6 is 0 Å². The topological polar surface area (TPSA) is 60.1 Å². The number of halogens is 1. The molecule has 0 amide bonds. The zero-order valence-corrected chi connectivity index (χ0v) is 11.6. The first-order chi connectivity index (χ1) is 9.65. The van der Waals surface area contributed by atoms with Gasteiger partial charge in [0.05, 0.1) is 19.8 Å². The Hall–Kier alpha value is -1.82. The Morgan fingerprint density at radius 3 is 2.70 bits per heavy atom. The molecule has 2 N–H and O–H groups in total. The monoisotopic (exact) mass is 281 g/mol. The first-order valence-corrected chi connectivity index (χ1v) is 6.70. The summed E-state index contributed by atoms with van der Waals surface area (Å²) in [7, 11) is 0. The highest BCUT2D eigenvalue weighted by atomic mass is 19.1. The Bertz CT molecular complexity index is 444. The van der Waals surface area contributed by atoms with E-state index in [2.05, 4.69) is 4.99 Å². The second kappa shape index (κ2) is 7.09. The molecule has 0 radical (unpaired) electrons. The summed E-state index contributed by atoms with van der Waals surface area (Å²) in [5.74, 6) is 0.862. The number of ether oxygens (including phenoxy) is 2. The van der Waals surface area contributed by atoms with Gasteiger partial charge in [-0.3, -0.25) is 0 Å². The van der Waals surface area contributed by atoms with Crippen LogP contribution in [0.2, 0.25) is 0 Å². The van der Waals surface area contributed by atoms with Crippen LogP contribution in [0.1, 0.15) is 6.92 Å². The Labute approximate surface area is 118 Å². The molecule has 1 fully saturated rings. The number of hydrogen-bond donors (Lipinski definition) is 1. The minimum atomic E-state index is -0.278. The summed E-state index contributed by atoms with van der Waals surface area (Å²) >= 11 is 0. The zero-order chi connectivity index (χ0) is 14.4. The number of morpholine rings is 1. The fraction of sp³-hybridized carbons (Fsp3) is 0.500. The maximum atomic E-state index is 12.8.